The molecule has 7 heteroatoms. The van der Waals surface area contributed by atoms with Crippen LogP contribution in [0.3, 0.4) is 0 Å². The molecule has 1 fully saturated rings. The maximum absolute atomic E-state index is 12.3. The molecule has 3 heterocycles. The number of ether oxygens (including phenoxy) is 2. The molecule has 7 nitrogen and oxygen atoms in total. The smallest absolute Gasteiger partial charge is 0.280 e. The van der Waals surface area contributed by atoms with Gasteiger partial charge in [0.05, 0.1) is 6.54 Å². The topological polar surface area (TPSA) is 78.0 Å². The third-order valence-electron chi connectivity index (χ3n) is 4.74. The summed E-state index contributed by atoms with van der Waals surface area (Å²) in [5.74, 6) is 2.70. The molecule has 0 aliphatic carbocycles. The first-order chi connectivity index (χ1) is 12.2. The first-order valence-corrected chi connectivity index (χ1v) is 8.66. The van der Waals surface area contributed by atoms with Crippen LogP contribution in [-0.4, -0.2) is 37.4 Å². The summed E-state index contributed by atoms with van der Waals surface area (Å²) in [6.07, 6.45) is 2.16. The lowest BCUT2D eigenvalue weighted by molar-refractivity contribution is -0.910. The van der Waals surface area contributed by atoms with E-state index in [1.807, 2.05) is 6.07 Å². The van der Waals surface area contributed by atoms with E-state index < -0.39 is 0 Å². The molecule has 0 bridgehead atoms. The molecule has 2 aliphatic rings. The SMILES string of the molecule is Cc1cc(NC(=O)C[NH+]2CCC[C@@H]2c2ccc3c(c2)OCCO3)no1. The molecule has 132 valence electrons. The first kappa shape index (κ1) is 16.0. The zero-order chi connectivity index (χ0) is 17.2. The van der Waals surface area contributed by atoms with E-state index in [1.165, 1.54) is 10.5 Å². The summed E-state index contributed by atoms with van der Waals surface area (Å²) >= 11 is 0. The molecule has 2 aromatic rings. The van der Waals surface area contributed by atoms with Gasteiger partial charge in [-0.3, -0.25) is 4.79 Å². The molecule has 0 spiro atoms. The van der Waals surface area contributed by atoms with Gasteiger partial charge in [0.25, 0.3) is 5.91 Å². The molecule has 1 amide bonds. The molecule has 1 unspecified atom stereocenters. The van der Waals surface area contributed by atoms with Gasteiger partial charge in [-0.1, -0.05) is 5.16 Å². The molecule has 2 aliphatic heterocycles. The highest BCUT2D eigenvalue weighted by Crippen LogP contribution is 2.33. The van der Waals surface area contributed by atoms with E-state index in [-0.39, 0.29) is 5.91 Å². The Kier molecular flexibility index (Phi) is 4.31. The fraction of sp³-hybridized carbons (Fsp3) is 0.444. The third kappa shape index (κ3) is 3.46. The van der Waals surface area contributed by atoms with E-state index in [0.29, 0.717) is 37.4 Å². The highest BCUT2D eigenvalue weighted by molar-refractivity contribution is 5.90. The number of nitrogens with zero attached hydrogens (tertiary/aromatic N) is 1. The van der Waals surface area contributed by atoms with Gasteiger partial charge in [-0.15, -0.1) is 0 Å². The lowest BCUT2D eigenvalue weighted by Gasteiger charge is -2.23. The molecule has 2 N–H and O–H groups in total. The van der Waals surface area contributed by atoms with Crippen molar-refractivity contribution >= 4 is 11.7 Å². The second-order valence-corrected chi connectivity index (χ2v) is 6.55. The number of nitrogens with one attached hydrogen (secondary N) is 2. The number of rotatable bonds is 4. The number of hydrogen-bond donors (Lipinski definition) is 2. The average molecular weight is 344 g/mol. The summed E-state index contributed by atoms with van der Waals surface area (Å²) in [7, 11) is 0. The highest BCUT2D eigenvalue weighted by atomic mass is 16.6. The molecule has 1 aromatic carbocycles. The van der Waals surface area contributed by atoms with Crippen LogP contribution < -0.4 is 19.7 Å². The van der Waals surface area contributed by atoms with Crippen LogP contribution in [-0.2, 0) is 4.79 Å². The van der Waals surface area contributed by atoms with Crippen molar-refractivity contribution in [2.45, 2.75) is 25.8 Å². The number of fused-ring (bicyclic) bond motifs is 1. The van der Waals surface area contributed by atoms with E-state index in [4.69, 9.17) is 14.0 Å². The minimum Gasteiger partial charge on any atom is -0.486 e. The van der Waals surface area contributed by atoms with Gasteiger partial charge >= 0.3 is 0 Å². The summed E-state index contributed by atoms with van der Waals surface area (Å²) in [6.45, 7) is 4.35. The second-order valence-electron chi connectivity index (χ2n) is 6.55. The number of amides is 1. The zero-order valence-corrected chi connectivity index (χ0v) is 14.2. The lowest BCUT2D eigenvalue weighted by atomic mass is 10.0. The largest absolute Gasteiger partial charge is 0.486 e. The monoisotopic (exact) mass is 344 g/mol. The third-order valence-corrected chi connectivity index (χ3v) is 4.74. The Balaban J connectivity index is 1.44. The van der Waals surface area contributed by atoms with Crippen LogP contribution in [0.15, 0.2) is 28.8 Å². The van der Waals surface area contributed by atoms with Gasteiger partial charge in [0.1, 0.15) is 25.0 Å². The van der Waals surface area contributed by atoms with Crippen LogP contribution in [0.2, 0.25) is 0 Å². The predicted molar refractivity (Wildman–Crippen MR) is 90.0 cm³/mol. The van der Waals surface area contributed by atoms with Crippen LogP contribution in [0.4, 0.5) is 5.82 Å². The van der Waals surface area contributed by atoms with Crippen molar-refractivity contribution in [3.8, 4) is 11.5 Å². The van der Waals surface area contributed by atoms with E-state index in [9.17, 15) is 4.79 Å². The molecule has 0 saturated carbocycles. The minimum absolute atomic E-state index is 0.0484. The number of benzene rings is 1. The fourth-order valence-electron chi connectivity index (χ4n) is 3.62. The second kappa shape index (κ2) is 6.76. The normalized spacial score (nSPS) is 22.0. The molecule has 1 aromatic heterocycles. The number of quaternary nitrogens is 1. The van der Waals surface area contributed by atoms with E-state index in [0.717, 1.165) is 30.9 Å². The molecule has 0 radical (unpaired) electrons. The maximum atomic E-state index is 12.3. The first-order valence-electron chi connectivity index (χ1n) is 8.66. The van der Waals surface area contributed by atoms with E-state index in [2.05, 4.69) is 22.6 Å². The van der Waals surface area contributed by atoms with Gasteiger partial charge in [-0.05, 0) is 25.1 Å². The Morgan fingerprint density at radius 3 is 2.92 bits per heavy atom. The molecule has 25 heavy (non-hydrogen) atoms. The summed E-state index contributed by atoms with van der Waals surface area (Å²) in [6, 6.07) is 8.12. The van der Waals surface area contributed by atoms with Crippen molar-refractivity contribution in [2.75, 3.05) is 31.6 Å². The Labute approximate surface area is 145 Å². The van der Waals surface area contributed by atoms with Crippen LogP contribution in [0.1, 0.15) is 30.2 Å². The van der Waals surface area contributed by atoms with Gasteiger partial charge in [-0.2, -0.15) is 0 Å². The Bertz CT molecular complexity index is 773. The van der Waals surface area contributed by atoms with Gasteiger partial charge in [0.2, 0.25) is 0 Å². The number of likely N-dealkylation sites (tertiary alicyclic amines) is 1. The van der Waals surface area contributed by atoms with Crippen molar-refractivity contribution in [1.82, 2.24) is 5.16 Å². The molecule has 4 rings (SSSR count). The van der Waals surface area contributed by atoms with Crippen molar-refractivity contribution in [3.05, 3.63) is 35.6 Å². The van der Waals surface area contributed by atoms with Crippen LogP contribution in [0.5, 0.6) is 11.5 Å². The molecular formula is C18H22N3O4+. The average Bonchev–Trinajstić information content (AvgIpc) is 3.23. The van der Waals surface area contributed by atoms with Gasteiger partial charge in [-0.25, -0.2) is 0 Å². The number of carbonyl (C=O) groups excluding carboxylic acids is 1. The van der Waals surface area contributed by atoms with Crippen LogP contribution in [0, 0.1) is 6.92 Å². The van der Waals surface area contributed by atoms with Crippen molar-refractivity contribution in [3.63, 3.8) is 0 Å². The van der Waals surface area contributed by atoms with Crippen LogP contribution in [0.25, 0.3) is 0 Å². The van der Waals surface area contributed by atoms with Crippen molar-refractivity contribution in [2.24, 2.45) is 0 Å². The maximum Gasteiger partial charge on any atom is 0.280 e. The Hall–Kier alpha value is -2.54. The molecule has 2 atom stereocenters. The lowest BCUT2D eigenvalue weighted by Crippen LogP contribution is -3.11. The fourth-order valence-corrected chi connectivity index (χ4v) is 3.62. The number of aromatic nitrogens is 1. The quantitative estimate of drug-likeness (QED) is 0.869. The number of hydrogen-bond acceptors (Lipinski definition) is 5. The van der Waals surface area contributed by atoms with E-state index in [1.54, 1.807) is 13.0 Å². The standard InChI is InChI=1S/C18H21N3O4/c1-12-9-17(20-25-12)19-18(22)11-21-6-2-3-14(21)13-4-5-15-16(10-13)24-8-7-23-15/h4-5,9-10,14H,2-3,6-8,11H2,1H3,(H,19,20,22)/p+1/t14-/m1/s1. The summed E-state index contributed by atoms with van der Waals surface area (Å²) in [4.78, 5) is 13.6. The van der Waals surface area contributed by atoms with E-state index >= 15 is 0 Å². The highest BCUT2D eigenvalue weighted by Gasteiger charge is 2.32. The van der Waals surface area contributed by atoms with Crippen LogP contribution >= 0.6 is 0 Å². The number of aryl methyl sites for hydroxylation is 1. The van der Waals surface area contributed by atoms with Crippen molar-refractivity contribution in [1.29, 1.82) is 0 Å². The summed E-state index contributed by atoms with van der Waals surface area (Å²) < 4.78 is 16.3. The van der Waals surface area contributed by atoms with Gasteiger partial charge in [0.15, 0.2) is 23.9 Å². The number of anilines is 1. The summed E-state index contributed by atoms with van der Waals surface area (Å²) in [5, 5.41) is 6.61. The number of carbonyl (C=O) groups is 1. The van der Waals surface area contributed by atoms with Gasteiger partial charge in [0, 0.05) is 24.5 Å². The minimum atomic E-state index is -0.0484. The van der Waals surface area contributed by atoms with Crippen molar-refractivity contribution < 1.29 is 23.7 Å². The molecular weight excluding hydrogens is 322 g/mol. The van der Waals surface area contributed by atoms with Gasteiger partial charge < -0.3 is 24.2 Å². The predicted octanol–water partition coefficient (Wildman–Crippen LogP) is 1.11. The Morgan fingerprint density at radius 1 is 1.28 bits per heavy atom. The zero-order valence-electron chi connectivity index (χ0n) is 14.2. The Morgan fingerprint density at radius 2 is 2.12 bits per heavy atom. The summed E-state index contributed by atoms with van der Waals surface area (Å²) in [5.41, 5.74) is 1.20. The molecule has 1 saturated heterocycles.